The van der Waals surface area contributed by atoms with E-state index in [-0.39, 0.29) is 6.04 Å². The maximum Gasteiger partial charge on any atom is 0.435 e. The predicted octanol–water partition coefficient (Wildman–Crippen LogP) is 6.44. The molecule has 3 atom stereocenters. The van der Waals surface area contributed by atoms with Crippen LogP contribution in [0.1, 0.15) is 56.2 Å². The number of nitrogens with zero attached hydrogens (tertiary/aromatic N) is 5. The number of rotatable bonds is 6. The lowest BCUT2D eigenvalue weighted by Crippen LogP contribution is -2.39. The predicted molar refractivity (Wildman–Crippen MR) is 136 cm³/mol. The first-order chi connectivity index (χ1) is 17.9. The molecule has 0 unspecified atom stereocenters. The molecule has 1 saturated carbocycles. The molecule has 2 aromatic heterocycles. The molecule has 5 rings (SSSR count). The quantitative estimate of drug-likeness (QED) is 0.415. The first-order valence-corrected chi connectivity index (χ1v) is 13.0. The second kappa shape index (κ2) is 10.8. The third-order valence-corrected chi connectivity index (χ3v) is 7.65. The molecule has 0 bridgehead atoms. The molecule has 1 aliphatic carbocycles. The van der Waals surface area contributed by atoms with Crippen molar-refractivity contribution in [1.82, 2.24) is 14.8 Å². The van der Waals surface area contributed by atoms with Gasteiger partial charge in [0, 0.05) is 43.3 Å². The van der Waals surface area contributed by atoms with E-state index in [1.807, 2.05) is 24.3 Å². The topological polar surface area (TPSA) is 69.8 Å². The van der Waals surface area contributed by atoms with Crippen LogP contribution < -0.4 is 10.2 Å². The molecule has 3 heterocycles. The molecular weight excluding hydrogens is 477 g/mol. The maximum absolute atomic E-state index is 13.0. The maximum atomic E-state index is 13.0. The van der Waals surface area contributed by atoms with Crippen molar-refractivity contribution < 1.29 is 13.2 Å². The Morgan fingerprint density at radius 1 is 1.00 bits per heavy atom. The molecule has 37 heavy (non-hydrogen) atoms. The average molecular weight is 509 g/mol. The van der Waals surface area contributed by atoms with Crippen molar-refractivity contribution in [2.24, 2.45) is 11.8 Å². The Morgan fingerprint density at radius 2 is 1.81 bits per heavy atom. The number of halogens is 3. The fourth-order valence-corrected chi connectivity index (χ4v) is 5.80. The third kappa shape index (κ3) is 6.07. The summed E-state index contributed by atoms with van der Waals surface area (Å²) in [5, 5.41) is 16.4. The molecular formula is C28H31F3N6. The lowest BCUT2D eigenvalue weighted by Gasteiger charge is -2.39. The van der Waals surface area contributed by atoms with E-state index in [0.29, 0.717) is 28.9 Å². The Morgan fingerprint density at radius 3 is 2.57 bits per heavy atom. The van der Waals surface area contributed by atoms with Crippen LogP contribution >= 0.6 is 0 Å². The fraction of sp³-hybridized carbons (Fsp3) is 0.464. The Bertz CT molecular complexity index is 1230. The van der Waals surface area contributed by atoms with E-state index in [0.717, 1.165) is 44.8 Å². The zero-order valence-electron chi connectivity index (χ0n) is 20.7. The summed E-state index contributed by atoms with van der Waals surface area (Å²) in [7, 11) is 0. The van der Waals surface area contributed by atoms with E-state index in [4.69, 9.17) is 5.26 Å². The van der Waals surface area contributed by atoms with Crippen molar-refractivity contribution in [3.8, 4) is 11.8 Å². The summed E-state index contributed by atoms with van der Waals surface area (Å²) in [4.78, 5) is 6.89. The summed E-state index contributed by atoms with van der Waals surface area (Å²) >= 11 is 0. The number of nitriles is 1. The fourth-order valence-electron chi connectivity index (χ4n) is 5.80. The van der Waals surface area contributed by atoms with Crippen LogP contribution in [0, 0.1) is 23.2 Å². The molecule has 3 aromatic rings. The van der Waals surface area contributed by atoms with E-state index in [9.17, 15) is 13.2 Å². The van der Waals surface area contributed by atoms with E-state index >= 15 is 0 Å². The zero-order valence-corrected chi connectivity index (χ0v) is 20.7. The van der Waals surface area contributed by atoms with Gasteiger partial charge < -0.3 is 10.2 Å². The van der Waals surface area contributed by atoms with Crippen molar-refractivity contribution in [3.05, 3.63) is 66.1 Å². The van der Waals surface area contributed by atoms with Gasteiger partial charge in [-0.2, -0.15) is 23.5 Å². The minimum absolute atomic E-state index is 0.283. The summed E-state index contributed by atoms with van der Waals surface area (Å²) < 4.78 is 40.2. The van der Waals surface area contributed by atoms with Gasteiger partial charge in [-0.05, 0) is 80.3 Å². The van der Waals surface area contributed by atoms with Crippen molar-refractivity contribution >= 4 is 11.5 Å². The minimum atomic E-state index is -4.47. The van der Waals surface area contributed by atoms with Crippen LogP contribution in [-0.4, -0.2) is 33.9 Å². The first kappa shape index (κ1) is 25.1. The number of piperidine rings is 1. The van der Waals surface area contributed by atoms with Gasteiger partial charge in [0.2, 0.25) is 0 Å². The monoisotopic (exact) mass is 508 g/mol. The lowest BCUT2D eigenvalue weighted by molar-refractivity contribution is -0.141. The molecule has 0 amide bonds. The second-order valence-corrected chi connectivity index (χ2v) is 10.2. The van der Waals surface area contributed by atoms with Crippen LogP contribution in [0.5, 0.6) is 0 Å². The highest BCUT2D eigenvalue weighted by atomic mass is 19.4. The summed E-state index contributed by atoms with van der Waals surface area (Å²) in [6.45, 7) is 2.05. The average Bonchev–Trinajstić information content (AvgIpc) is 3.42. The van der Waals surface area contributed by atoms with Gasteiger partial charge in [-0.15, -0.1) is 0 Å². The molecule has 2 fully saturated rings. The zero-order chi connectivity index (χ0) is 25.8. The molecule has 1 saturated heterocycles. The number of benzene rings is 1. The van der Waals surface area contributed by atoms with Crippen LogP contribution in [0.15, 0.2) is 54.9 Å². The van der Waals surface area contributed by atoms with Gasteiger partial charge in [-0.3, -0.25) is 0 Å². The summed E-state index contributed by atoms with van der Waals surface area (Å²) in [5.74, 6) is 1.79. The number of alkyl halides is 3. The molecule has 6 nitrogen and oxygen atoms in total. The highest BCUT2D eigenvalue weighted by Crippen LogP contribution is 2.35. The largest absolute Gasteiger partial charge is 0.435 e. The molecule has 1 aromatic carbocycles. The van der Waals surface area contributed by atoms with Crippen molar-refractivity contribution in [3.63, 3.8) is 0 Å². The summed E-state index contributed by atoms with van der Waals surface area (Å²) in [5.41, 5.74) is 1.49. The molecule has 1 N–H and O–H groups in total. The number of pyridine rings is 1. The van der Waals surface area contributed by atoms with Crippen molar-refractivity contribution in [2.75, 3.05) is 23.3 Å². The number of nitrogens with one attached hydrogen (secondary N) is 1. The third-order valence-electron chi connectivity index (χ3n) is 7.65. The molecule has 194 valence electrons. The molecule has 1 aliphatic heterocycles. The Hall–Kier alpha value is -3.54. The van der Waals surface area contributed by atoms with Crippen LogP contribution in [-0.2, 0) is 6.18 Å². The molecule has 2 aliphatic rings. The first-order valence-electron chi connectivity index (χ1n) is 13.0. The van der Waals surface area contributed by atoms with Crippen LogP contribution in [0.2, 0.25) is 0 Å². The number of hydrogen-bond donors (Lipinski definition) is 1. The van der Waals surface area contributed by atoms with Gasteiger partial charge in [0.05, 0.1) is 17.3 Å². The van der Waals surface area contributed by atoms with E-state index in [1.54, 1.807) is 18.3 Å². The van der Waals surface area contributed by atoms with E-state index in [2.05, 4.69) is 26.4 Å². The number of aromatic nitrogens is 3. The summed E-state index contributed by atoms with van der Waals surface area (Å²) in [6.07, 6.45) is 6.57. The number of hydrogen-bond acceptors (Lipinski definition) is 5. The number of anilines is 2. The van der Waals surface area contributed by atoms with Crippen LogP contribution in [0.4, 0.5) is 24.7 Å². The smallest absolute Gasteiger partial charge is 0.371 e. The van der Waals surface area contributed by atoms with Gasteiger partial charge >= 0.3 is 6.18 Å². The van der Waals surface area contributed by atoms with Gasteiger partial charge in [0.25, 0.3) is 0 Å². The van der Waals surface area contributed by atoms with Gasteiger partial charge in [0.1, 0.15) is 5.82 Å². The lowest BCUT2D eigenvalue weighted by atomic mass is 9.77. The molecule has 0 radical (unpaired) electrons. The van der Waals surface area contributed by atoms with E-state index in [1.165, 1.54) is 35.8 Å². The standard InChI is InChI=1S/C28H31F3N6/c29-28(30,31)26-12-15-37(35-26)24-11-13-33-27(17-24)34-25-6-2-1-5-22(25)16-21-4-3-14-36(19-21)23-9-7-20(18-32)8-10-23/h7-13,15,17,21-22,25H,1-6,14,16,19H2,(H,33,34)/t21-,22+,25-/m1/s1. The van der Waals surface area contributed by atoms with E-state index < -0.39 is 11.9 Å². The SMILES string of the molecule is N#Cc1ccc(N2CCC[C@H](C[C@@H]3CCCC[C@H]3Nc3cc(-n4ccc(C(F)(F)F)n4)ccn3)C2)cc1. The summed E-state index contributed by atoms with van der Waals surface area (Å²) in [6, 6.07) is 14.7. The van der Waals surface area contributed by atoms with Crippen LogP contribution in [0.3, 0.4) is 0 Å². The highest BCUT2D eigenvalue weighted by Gasteiger charge is 2.34. The van der Waals surface area contributed by atoms with Gasteiger partial charge in [0.15, 0.2) is 5.69 Å². The normalized spacial score (nSPS) is 22.4. The molecule has 9 heteroatoms. The Kier molecular flexibility index (Phi) is 7.36. The minimum Gasteiger partial charge on any atom is -0.371 e. The molecule has 0 spiro atoms. The Labute approximate surface area is 215 Å². The Balaban J connectivity index is 1.24. The van der Waals surface area contributed by atoms with Crippen molar-refractivity contribution in [1.29, 1.82) is 5.26 Å². The second-order valence-electron chi connectivity index (χ2n) is 10.2. The van der Waals surface area contributed by atoms with Crippen LogP contribution in [0.25, 0.3) is 5.69 Å². The van der Waals surface area contributed by atoms with Crippen molar-refractivity contribution in [2.45, 2.75) is 57.2 Å². The van der Waals surface area contributed by atoms with Gasteiger partial charge in [-0.25, -0.2) is 9.67 Å². The highest BCUT2D eigenvalue weighted by molar-refractivity contribution is 5.50. The van der Waals surface area contributed by atoms with Gasteiger partial charge in [-0.1, -0.05) is 12.8 Å².